The number of carbonyl (C=O) groups is 2. The Balaban J connectivity index is 0.000000223. The van der Waals surface area contributed by atoms with Crippen LogP contribution >= 0.6 is 40.5 Å². The number of hydrogen-bond acceptors (Lipinski definition) is 17. The maximum atomic E-state index is 13.8. The van der Waals surface area contributed by atoms with Gasteiger partial charge >= 0.3 is 12.0 Å². The zero-order valence-electron chi connectivity index (χ0n) is 50.6. The molecular formula is C64H76F2N16O4S3. The third-order valence-electron chi connectivity index (χ3n) is 17.4. The van der Waals surface area contributed by atoms with Crippen molar-refractivity contribution in [2.75, 3.05) is 92.2 Å². The number of aryl methyl sites for hydroxylation is 2. The standard InChI is InChI=1S/C33H32FN7O2.C31H38FN9O2.3H2S/c1-22-7-5-8-24-9-6-11-29(30(22)24)39-16-13-27-28(20-39)37-33(43-21-25-10-3-4-15-36-25)38-31(27)40-17-18-41(32(42)23(2)34)26(19-40)12-14-35;1-19-14-26-25(15-34-37-26)28(20(19)2)39-11-8-24-27(17-39)35-31(43-18-23-6-5-10-38(23)4)36-29(24)40-12-13-41(30(42)21(3)32)22(16-40)7-9-33;;;/h3-11,15,26H,2,12-13,16-21H2,1H3;14-15,22-23H,3,5-8,10-13,16-18H2,1-2,4H3,(H,34,37);3*1H2/t26-;22-,23-;;;/m00.../s1. The number of rotatable bonds is 14. The number of amides is 2. The van der Waals surface area contributed by atoms with Crippen LogP contribution in [0.3, 0.4) is 0 Å². The summed E-state index contributed by atoms with van der Waals surface area (Å²) in [7, 11) is 2.11. The number of nitrogens with zero attached hydrogens (tertiary/aromatic N) is 15. The second kappa shape index (κ2) is 29.4. The first-order valence-corrected chi connectivity index (χ1v) is 29.3. The molecule has 3 saturated heterocycles. The maximum Gasteiger partial charge on any atom is 0.319 e. The van der Waals surface area contributed by atoms with E-state index in [0.717, 1.165) is 94.6 Å². The van der Waals surface area contributed by atoms with Gasteiger partial charge in [-0.25, -0.2) is 8.78 Å². The summed E-state index contributed by atoms with van der Waals surface area (Å²) >= 11 is 0. The number of carbonyl (C=O) groups excluding carboxylic acids is 2. The van der Waals surface area contributed by atoms with E-state index in [1.165, 1.54) is 37.3 Å². The molecule has 12 rings (SSSR count). The van der Waals surface area contributed by atoms with Crippen molar-refractivity contribution >= 4 is 97.0 Å². The molecule has 0 spiro atoms. The number of likely N-dealkylation sites (N-methyl/N-ethyl adjacent to an activating group) is 1. The number of H-pyrrole nitrogens is 1. The number of likely N-dealkylation sites (tertiary alicyclic amines) is 1. The summed E-state index contributed by atoms with van der Waals surface area (Å²) in [6, 6.07) is 24.7. The van der Waals surface area contributed by atoms with Crippen molar-refractivity contribution < 1.29 is 27.8 Å². The fraction of sp³-hybridized carbons (Fsp3) is 0.406. The average molecular weight is 1270 g/mol. The van der Waals surface area contributed by atoms with Gasteiger partial charge in [-0.3, -0.25) is 19.7 Å². The van der Waals surface area contributed by atoms with Gasteiger partial charge in [-0.2, -0.15) is 76.0 Å². The van der Waals surface area contributed by atoms with Crippen molar-refractivity contribution in [1.82, 2.24) is 49.8 Å². The summed E-state index contributed by atoms with van der Waals surface area (Å²) in [6.07, 6.45) is 7.38. The number of nitrogens with one attached hydrogen (secondary N) is 1. The fourth-order valence-corrected chi connectivity index (χ4v) is 12.8. The summed E-state index contributed by atoms with van der Waals surface area (Å²) in [4.78, 5) is 62.9. The molecule has 9 heterocycles. The molecule has 3 atom stereocenters. The Morgan fingerprint density at radius 3 is 1.87 bits per heavy atom. The topological polar surface area (TPSA) is 216 Å². The Hall–Kier alpha value is -8.23. The summed E-state index contributed by atoms with van der Waals surface area (Å²) in [5, 5.41) is 29.9. The lowest BCUT2D eigenvalue weighted by atomic mass is 9.99. The summed E-state index contributed by atoms with van der Waals surface area (Å²) < 4.78 is 39.9. The summed E-state index contributed by atoms with van der Waals surface area (Å²) in [5.41, 5.74) is 11.5. The third kappa shape index (κ3) is 14.3. The Morgan fingerprint density at radius 1 is 0.697 bits per heavy atom. The number of hydrogen-bond donors (Lipinski definition) is 1. The second-order valence-corrected chi connectivity index (χ2v) is 22.7. The molecule has 5 aliphatic heterocycles. The van der Waals surface area contributed by atoms with Gasteiger partial charge in [0.05, 0.1) is 84.6 Å². The van der Waals surface area contributed by atoms with Gasteiger partial charge in [0.15, 0.2) is 11.7 Å². The second-order valence-electron chi connectivity index (χ2n) is 22.7. The van der Waals surface area contributed by atoms with Crippen LogP contribution in [0.4, 0.5) is 31.8 Å². The highest BCUT2D eigenvalue weighted by atomic mass is 32.1. The average Bonchev–Trinajstić information content (AvgIpc) is 3.92. The number of pyridine rings is 1. The number of halogens is 2. The largest absolute Gasteiger partial charge is 0.462 e. The van der Waals surface area contributed by atoms with Crippen LogP contribution in [0.5, 0.6) is 12.0 Å². The van der Waals surface area contributed by atoms with Gasteiger partial charge in [0.2, 0.25) is 0 Å². The zero-order valence-corrected chi connectivity index (χ0v) is 53.6. The van der Waals surface area contributed by atoms with E-state index in [9.17, 15) is 28.9 Å². The first kappa shape index (κ1) is 66.7. The minimum atomic E-state index is -1.02. The molecule has 25 heteroatoms. The van der Waals surface area contributed by atoms with Crippen molar-refractivity contribution in [2.45, 2.75) is 97.1 Å². The number of piperazine rings is 2. The highest BCUT2D eigenvalue weighted by Crippen LogP contribution is 2.39. The maximum absolute atomic E-state index is 13.8. The highest BCUT2D eigenvalue weighted by molar-refractivity contribution is 7.59. The van der Waals surface area contributed by atoms with Crippen LogP contribution in [0.1, 0.15) is 70.6 Å². The summed E-state index contributed by atoms with van der Waals surface area (Å²) in [5.74, 6) is -2.08. The first-order valence-electron chi connectivity index (χ1n) is 29.3. The predicted octanol–water partition coefficient (Wildman–Crippen LogP) is 8.65. The molecule has 3 fully saturated rings. The number of aromatic nitrogens is 7. The van der Waals surface area contributed by atoms with Crippen molar-refractivity contribution in [3.05, 3.63) is 143 Å². The normalized spacial score (nSPS) is 18.0. The SMILES string of the molecule is C=C(F)C(=O)N1CCN(c2nc(OC[C@@H]3CCCN3C)nc3c2CCN(c2c(C)c(C)cc4[nH]ncc24)C3)C[C@@H]1CC#N.C=C(F)C(=O)N1CCN(c2nc(OCc3ccccn3)nc3c2CCN(c2cccc4cccc(C)c24)C3)C[C@@H]1CC#N.S.S.S. The van der Waals surface area contributed by atoms with Crippen LogP contribution < -0.4 is 29.1 Å². The number of aromatic amines is 1. The fourth-order valence-electron chi connectivity index (χ4n) is 12.8. The molecule has 7 aromatic rings. The smallest absolute Gasteiger partial charge is 0.319 e. The van der Waals surface area contributed by atoms with Crippen LogP contribution in [0.25, 0.3) is 21.7 Å². The molecule has 0 radical (unpaired) electrons. The van der Waals surface area contributed by atoms with E-state index < -0.39 is 35.6 Å². The number of anilines is 4. The molecule has 0 bridgehead atoms. The Bertz CT molecular complexity index is 3820. The van der Waals surface area contributed by atoms with Crippen molar-refractivity contribution in [3.8, 4) is 24.2 Å². The quantitative estimate of drug-likeness (QED) is 0.101. The predicted molar refractivity (Wildman–Crippen MR) is 355 cm³/mol. The van der Waals surface area contributed by atoms with E-state index in [4.69, 9.17) is 29.4 Å². The minimum Gasteiger partial charge on any atom is -0.462 e. The van der Waals surface area contributed by atoms with Gasteiger partial charge < -0.3 is 43.8 Å². The van der Waals surface area contributed by atoms with Gasteiger partial charge in [-0.15, -0.1) is 0 Å². The first-order chi connectivity index (χ1) is 41.7. The van der Waals surface area contributed by atoms with Gasteiger partial charge in [0.1, 0.15) is 24.8 Å². The molecule has 1 N–H and O–H groups in total. The number of fused-ring (bicyclic) bond motifs is 4. The van der Waals surface area contributed by atoms with Crippen molar-refractivity contribution in [3.63, 3.8) is 0 Å². The lowest BCUT2D eigenvalue weighted by Gasteiger charge is -2.42. The molecule has 5 aliphatic rings. The Morgan fingerprint density at radius 2 is 1.29 bits per heavy atom. The molecule has 0 unspecified atom stereocenters. The molecule has 2 amide bonds. The van der Waals surface area contributed by atoms with E-state index in [1.54, 1.807) is 6.20 Å². The monoisotopic (exact) mass is 1270 g/mol. The Labute approximate surface area is 538 Å². The number of ether oxygens (including phenoxy) is 2. The van der Waals surface area contributed by atoms with Crippen molar-refractivity contribution in [2.24, 2.45) is 0 Å². The van der Waals surface area contributed by atoms with E-state index in [0.29, 0.717) is 70.8 Å². The molecular weight excluding hydrogens is 1190 g/mol. The molecule has 89 heavy (non-hydrogen) atoms. The minimum absolute atomic E-state index is 0. The number of benzene rings is 3. The Kier molecular flexibility index (Phi) is 22.0. The van der Waals surface area contributed by atoms with E-state index >= 15 is 0 Å². The number of nitriles is 2. The third-order valence-corrected chi connectivity index (χ3v) is 17.4. The van der Waals surface area contributed by atoms with Crippen LogP contribution in [0.2, 0.25) is 0 Å². The van der Waals surface area contributed by atoms with Gasteiger partial charge in [0.25, 0.3) is 11.8 Å². The van der Waals surface area contributed by atoms with Crippen molar-refractivity contribution in [1.29, 1.82) is 10.5 Å². The van der Waals surface area contributed by atoms with E-state index in [2.05, 4.69) is 135 Å². The van der Waals surface area contributed by atoms with Gasteiger partial charge in [-0.05, 0) is 106 Å². The van der Waals surface area contributed by atoms with Crippen LogP contribution in [0, 0.1) is 43.4 Å². The highest BCUT2D eigenvalue weighted by Gasteiger charge is 2.38. The zero-order chi connectivity index (χ0) is 60.2. The lowest BCUT2D eigenvalue weighted by molar-refractivity contribution is -0.132. The van der Waals surface area contributed by atoms with Crippen LogP contribution in [-0.4, -0.2) is 152 Å². The van der Waals surface area contributed by atoms with Crippen LogP contribution in [0.15, 0.2) is 97.9 Å². The van der Waals surface area contributed by atoms with E-state index in [-0.39, 0.29) is 79.0 Å². The molecule has 20 nitrogen and oxygen atoms in total. The van der Waals surface area contributed by atoms with Crippen LogP contribution in [-0.2, 0) is 42.1 Å². The molecule has 3 aromatic carbocycles. The molecule has 468 valence electrons. The molecule has 0 aliphatic carbocycles. The van der Waals surface area contributed by atoms with Gasteiger partial charge in [-0.1, -0.05) is 49.6 Å². The lowest BCUT2D eigenvalue weighted by Crippen LogP contribution is -2.55. The van der Waals surface area contributed by atoms with E-state index in [1.807, 2.05) is 24.4 Å². The van der Waals surface area contributed by atoms with Gasteiger partial charge in [0, 0.05) is 92.2 Å². The molecule has 0 saturated carbocycles. The summed E-state index contributed by atoms with van der Waals surface area (Å²) in [6.45, 7) is 19.3. The molecule has 4 aromatic heterocycles.